The number of imide groups is 1. The number of carbonyl (C=O) groups excluding carboxylic acids is 3. The van der Waals surface area contributed by atoms with Crippen molar-refractivity contribution >= 4 is 18.0 Å². The van der Waals surface area contributed by atoms with Crippen LogP contribution >= 0.6 is 0 Å². The Morgan fingerprint density at radius 3 is 2.77 bits per heavy atom. The van der Waals surface area contributed by atoms with Gasteiger partial charge in [-0.3, -0.25) is 9.59 Å². The quantitative estimate of drug-likeness (QED) is 0.575. The summed E-state index contributed by atoms with van der Waals surface area (Å²) in [5, 5.41) is 0. The van der Waals surface area contributed by atoms with Crippen molar-refractivity contribution in [2.45, 2.75) is 52.2 Å². The predicted octanol–water partition coefficient (Wildman–Crippen LogP) is 2.28. The fraction of sp³-hybridized carbons (Fsp3) is 0.688. The molecule has 3 atom stereocenters. The van der Waals surface area contributed by atoms with Gasteiger partial charge in [0.25, 0.3) is 0 Å². The minimum Gasteiger partial charge on any atom is -0.457 e. The Bertz CT molecular complexity index is 485. The molecule has 0 aromatic carbocycles. The molecule has 0 bridgehead atoms. The molecular weight excluding hydrogens is 286 g/mol. The number of carbonyl (C=O) groups is 3. The number of hydrogen-bond donors (Lipinski definition) is 0. The van der Waals surface area contributed by atoms with Crippen LogP contribution in [0.15, 0.2) is 12.2 Å². The molecule has 0 aromatic rings. The van der Waals surface area contributed by atoms with E-state index in [-0.39, 0.29) is 30.9 Å². The third-order valence-electron chi connectivity index (χ3n) is 4.06. The lowest BCUT2D eigenvalue weighted by Gasteiger charge is -2.25. The van der Waals surface area contributed by atoms with E-state index in [1.54, 1.807) is 6.08 Å². The van der Waals surface area contributed by atoms with Crippen LogP contribution in [0, 0.1) is 11.8 Å². The number of allylic oxidation sites excluding steroid dienone is 1. The number of rotatable bonds is 5. The first-order valence-electron chi connectivity index (χ1n) is 7.81. The topological polar surface area (TPSA) is 72.9 Å². The van der Waals surface area contributed by atoms with Gasteiger partial charge in [0.05, 0.1) is 18.4 Å². The Hall–Kier alpha value is -1.85. The van der Waals surface area contributed by atoms with Gasteiger partial charge >= 0.3 is 12.1 Å². The lowest BCUT2D eigenvalue weighted by molar-refractivity contribution is -0.140. The van der Waals surface area contributed by atoms with Crippen molar-refractivity contribution in [3.05, 3.63) is 12.2 Å². The van der Waals surface area contributed by atoms with Gasteiger partial charge < -0.3 is 9.47 Å². The van der Waals surface area contributed by atoms with E-state index < -0.39 is 24.1 Å². The first-order valence-corrected chi connectivity index (χ1v) is 7.81. The first-order chi connectivity index (χ1) is 10.5. The molecule has 6 heteroatoms. The maximum atomic E-state index is 12.7. The van der Waals surface area contributed by atoms with Gasteiger partial charge in [0.2, 0.25) is 5.91 Å². The molecule has 2 fully saturated rings. The molecule has 0 aliphatic carbocycles. The van der Waals surface area contributed by atoms with Gasteiger partial charge in [0, 0.05) is 0 Å². The molecule has 0 saturated carbocycles. The van der Waals surface area contributed by atoms with Crippen molar-refractivity contribution in [2.24, 2.45) is 11.8 Å². The van der Waals surface area contributed by atoms with Gasteiger partial charge in [-0.25, -0.2) is 9.69 Å². The van der Waals surface area contributed by atoms with Gasteiger partial charge in [-0.1, -0.05) is 33.3 Å². The maximum Gasteiger partial charge on any atom is 0.416 e. The van der Waals surface area contributed by atoms with Crippen LogP contribution in [0.4, 0.5) is 4.79 Å². The molecule has 122 valence electrons. The summed E-state index contributed by atoms with van der Waals surface area (Å²) in [6, 6.07) is -0.282. The lowest BCUT2D eigenvalue weighted by Crippen LogP contribution is -2.46. The normalized spacial score (nSPS) is 28.5. The number of hydrogen-bond acceptors (Lipinski definition) is 5. The van der Waals surface area contributed by atoms with Crippen LogP contribution in [-0.4, -0.2) is 41.6 Å². The van der Waals surface area contributed by atoms with Crippen molar-refractivity contribution < 1.29 is 23.9 Å². The summed E-state index contributed by atoms with van der Waals surface area (Å²) >= 11 is 0. The van der Waals surface area contributed by atoms with E-state index in [0.29, 0.717) is 0 Å². The van der Waals surface area contributed by atoms with Crippen LogP contribution in [0.2, 0.25) is 0 Å². The summed E-state index contributed by atoms with van der Waals surface area (Å²) < 4.78 is 10.2. The van der Waals surface area contributed by atoms with Crippen molar-refractivity contribution in [1.82, 2.24) is 4.90 Å². The van der Waals surface area contributed by atoms with Crippen molar-refractivity contribution in [3.8, 4) is 0 Å². The van der Waals surface area contributed by atoms with Crippen molar-refractivity contribution in [3.63, 3.8) is 0 Å². The Morgan fingerprint density at radius 2 is 2.14 bits per heavy atom. The zero-order chi connectivity index (χ0) is 16.3. The molecule has 2 saturated heterocycles. The number of ether oxygens (including phenoxy) is 2. The van der Waals surface area contributed by atoms with Crippen LogP contribution in [-0.2, 0) is 19.1 Å². The fourth-order valence-electron chi connectivity index (χ4n) is 2.73. The Balaban J connectivity index is 2.15. The van der Waals surface area contributed by atoms with E-state index in [1.165, 1.54) is 0 Å². The molecular formula is C16H23NO5. The molecule has 22 heavy (non-hydrogen) atoms. The molecule has 0 aromatic heterocycles. The standard InChI is InChI=1S/C16H23NO5/c1-4-5-6-7-13-11(8-14(18)22-13)15(19)17-12(10(2)3)9-21-16(17)20/h6-7,10-13H,4-5,8-9H2,1-3H3/b7-6+/t11-,12-,13-/m0/s1. The average Bonchev–Trinajstić information content (AvgIpc) is 3.02. The van der Waals surface area contributed by atoms with Crippen LogP contribution in [0.25, 0.3) is 0 Å². The van der Waals surface area contributed by atoms with Gasteiger partial charge in [-0.2, -0.15) is 0 Å². The highest BCUT2D eigenvalue weighted by Crippen LogP contribution is 2.29. The van der Waals surface area contributed by atoms with Crippen molar-refractivity contribution in [1.29, 1.82) is 0 Å². The highest BCUT2D eigenvalue weighted by atomic mass is 16.6. The molecule has 6 nitrogen and oxygen atoms in total. The summed E-state index contributed by atoms with van der Waals surface area (Å²) in [6.07, 6.45) is 4.29. The molecule has 0 unspecified atom stereocenters. The fourth-order valence-corrected chi connectivity index (χ4v) is 2.73. The Labute approximate surface area is 130 Å². The van der Waals surface area contributed by atoms with E-state index >= 15 is 0 Å². The number of amides is 2. The van der Waals surface area contributed by atoms with E-state index in [0.717, 1.165) is 17.7 Å². The van der Waals surface area contributed by atoms with Gasteiger partial charge in [0.1, 0.15) is 12.7 Å². The number of cyclic esters (lactones) is 2. The summed E-state index contributed by atoms with van der Waals surface area (Å²) in [5.74, 6) is -1.33. The minimum atomic E-state index is -0.646. The molecule has 2 rings (SSSR count). The van der Waals surface area contributed by atoms with E-state index in [2.05, 4.69) is 0 Å². The van der Waals surface area contributed by atoms with E-state index in [4.69, 9.17) is 9.47 Å². The highest BCUT2D eigenvalue weighted by molar-refractivity contribution is 5.97. The zero-order valence-electron chi connectivity index (χ0n) is 13.3. The summed E-state index contributed by atoms with van der Waals surface area (Å²) in [7, 11) is 0. The SMILES string of the molecule is CCC/C=C/[C@@H]1OC(=O)C[C@@H]1C(=O)N1C(=O)OC[C@H]1C(C)C. The Morgan fingerprint density at radius 1 is 1.41 bits per heavy atom. The second kappa shape index (κ2) is 6.94. The van der Waals surface area contributed by atoms with Crippen molar-refractivity contribution in [2.75, 3.05) is 6.61 Å². The minimum absolute atomic E-state index is 0.00849. The second-order valence-electron chi connectivity index (χ2n) is 6.08. The molecule has 2 amide bonds. The predicted molar refractivity (Wildman–Crippen MR) is 78.9 cm³/mol. The largest absolute Gasteiger partial charge is 0.457 e. The number of unbranched alkanes of at least 4 members (excludes halogenated alkanes) is 1. The number of esters is 1. The van der Waals surface area contributed by atoms with Crippen LogP contribution in [0.1, 0.15) is 40.0 Å². The van der Waals surface area contributed by atoms with Crippen LogP contribution in [0.5, 0.6) is 0 Å². The van der Waals surface area contributed by atoms with Gasteiger partial charge in [0.15, 0.2) is 0 Å². The second-order valence-corrected chi connectivity index (χ2v) is 6.08. The smallest absolute Gasteiger partial charge is 0.416 e. The summed E-state index contributed by atoms with van der Waals surface area (Å²) in [4.78, 5) is 37.3. The molecule has 0 N–H and O–H groups in total. The van der Waals surface area contributed by atoms with Gasteiger partial charge in [-0.05, 0) is 18.4 Å². The van der Waals surface area contributed by atoms with E-state index in [9.17, 15) is 14.4 Å². The third-order valence-corrected chi connectivity index (χ3v) is 4.06. The highest BCUT2D eigenvalue weighted by Gasteiger charge is 2.47. The third kappa shape index (κ3) is 3.31. The molecule has 0 radical (unpaired) electrons. The summed E-state index contributed by atoms with van der Waals surface area (Å²) in [6.45, 7) is 6.12. The molecule has 2 heterocycles. The molecule has 2 aliphatic heterocycles. The summed E-state index contributed by atoms with van der Waals surface area (Å²) in [5.41, 5.74) is 0. The first kappa shape index (κ1) is 16.5. The van der Waals surface area contributed by atoms with Gasteiger partial charge in [-0.15, -0.1) is 0 Å². The van der Waals surface area contributed by atoms with Crippen LogP contribution < -0.4 is 0 Å². The molecule has 2 aliphatic rings. The van der Waals surface area contributed by atoms with Crippen LogP contribution in [0.3, 0.4) is 0 Å². The molecule has 0 spiro atoms. The maximum absolute atomic E-state index is 12.7. The Kier molecular flexibility index (Phi) is 5.21. The monoisotopic (exact) mass is 309 g/mol. The van der Waals surface area contributed by atoms with E-state index in [1.807, 2.05) is 26.8 Å². The number of nitrogens with zero attached hydrogens (tertiary/aromatic N) is 1. The average molecular weight is 309 g/mol. The zero-order valence-corrected chi connectivity index (χ0v) is 13.3. The lowest BCUT2D eigenvalue weighted by atomic mass is 9.96.